The highest BCUT2D eigenvalue weighted by molar-refractivity contribution is 6.06. The molecule has 0 aliphatic rings. The molecule has 0 fully saturated rings. The Hall–Kier alpha value is -3.08. The molecule has 0 aliphatic heterocycles. The van der Waals surface area contributed by atoms with E-state index in [0.717, 1.165) is 11.1 Å². The summed E-state index contributed by atoms with van der Waals surface area (Å²) in [5.74, 6) is -1.34. The fourth-order valence-electron chi connectivity index (χ4n) is 2.51. The Morgan fingerprint density at radius 3 is 2.57 bits per heavy atom. The van der Waals surface area contributed by atoms with Crippen LogP contribution in [0.15, 0.2) is 53.3 Å². The molecule has 116 valence electrons. The van der Waals surface area contributed by atoms with Crippen LogP contribution in [0.1, 0.15) is 17.3 Å². The van der Waals surface area contributed by atoms with E-state index in [9.17, 15) is 14.7 Å². The molecule has 5 heteroatoms. The third kappa shape index (κ3) is 2.68. The van der Waals surface area contributed by atoms with Gasteiger partial charge in [-0.3, -0.25) is 4.79 Å². The van der Waals surface area contributed by atoms with Gasteiger partial charge < -0.3 is 14.8 Å². The van der Waals surface area contributed by atoms with Crippen LogP contribution in [0.3, 0.4) is 0 Å². The largest absolute Gasteiger partial charge is 0.502 e. The molecule has 0 bridgehead atoms. The summed E-state index contributed by atoms with van der Waals surface area (Å²) in [7, 11) is 0. The van der Waals surface area contributed by atoms with Gasteiger partial charge in [0.15, 0.2) is 5.75 Å². The zero-order valence-corrected chi connectivity index (χ0v) is 12.5. The van der Waals surface area contributed by atoms with Gasteiger partial charge in [0, 0.05) is 5.39 Å². The van der Waals surface area contributed by atoms with Crippen LogP contribution in [-0.4, -0.2) is 22.7 Å². The molecule has 23 heavy (non-hydrogen) atoms. The minimum absolute atomic E-state index is 0.106. The quantitative estimate of drug-likeness (QED) is 0.729. The molecule has 0 spiro atoms. The van der Waals surface area contributed by atoms with Crippen molar-refractivity contribution in [2.45, 2.75) is 6.92 Å². The molecule has 1 heterocycles. The summed E-state index contributed by atoms with van der Waals surface area (Å²) in [6.07, 6.45) is 0. The van der Waals surface area contributed by atoms with Gasteiger partial charge in [-0.15, -0.1) is 0 Å². The number of ether oxygens (including phenoxy) is 1. The molecule has 2 aromatic carbocycles. The molecule has 3 aromatic rings. The number of esters is 1. The van der Waals surface area contributed by atoms with Gasteiger partial charge in [0.2, 0.25) is 0 Å². The number of carbonyl (C=O) groups is 1. The van der Waals surface area contributed by atoms with Crippen molar-refractivity contribution in [2.75, 3.05) is 6.61 Å². The van der Waals surface area contributed by atoms with Crippen LogP contribution in [0, 0.1) is 0 Å². The Balaban J connectivity index is 2.24. The van der Waals surface area contributed by atoms with E-state index in [1.54, 1.807) is 19.1 Å². The smallest absolute Gasteiger partial charge is 0.342 e. The molecular formula is C18H15NO4. The normalized spacial score (nSPS) is 10.7. The number of aromatic nitrogens is 1. The summed E-state index contributed by atoms with van der Waals surface area (Å²) in [4.78, 5) is 26.5. The fraction of sp³-hybridized carbons (Fsp3) is 0.111. The van der Waals surface area contributed by atoms with Gasteiger partial charge in [-0.05, 0) is 24.1 Å². The molecule has 0 saturated carbocycles. The average molecular weight is 309 g/mol. The maximum atomic E-state index is 12.1. The summed E-state index contributed by atoms with van der Waals surface area (Å²) < 4.78 is 4.94. The molecule has 3 rings (SSSR count). The van der Waals surface area contributed by atoms with Gasteiger partial charge >= 0.3 is 5.97 Å². The van der Waals surface area contributed by atoms with Crippen molar-refractivity contribution in [2.24, 2.45) is 0 Å². The zero-order chi connectivity index (χ0) is 16.4. The number of pyridine rings is 1. The first-order valence-corrected chi connectivity index (χ1v) is 7.23. The molecule has 1 aromatic heterocycles. The third-order valence-electron chi connectivity index (χ3n) is 3.58. The Morgan fingerprint density at radius 2 is 1.87 bits per heavy atom. The first-order valence-electron chi connectivity index (χ1n) is 7.23. The fourth-order valence-corrected chi connectivity index (χ4v) is 2.51. The number of benzene rings is 2. The molecule has 0 radical (unpaired) electrons. The first-order chi connectivity index (χ1) is 11.1. The topological polar surface area (TPSA) is 79.4 Å². The molecular weight excluding hydrogens is 294 g/mol. The molecule has 0 atom stereocenters. The lowest BCUT2D eigenvalue weighted by Gasteiger charge is -2.09. The second kappa shape index (κ2) is 5.96. The van der Waals surface area contributed by atoms with Gasteiger partial charge in [0.1, 0.15) is 5.56 Å². The van der Waals surface area contributed by atoms with Gasteiger partial charge in [-0.2, -0.15) is 0 Å². The van der Waals surface area contributed by atoms with E-state index in [1.165, 1.54) is 0 Å². The Morgan fingerprint density at radius 1 is 1.13 bits per heavy atom. The van der Waals surface area contributed by atoms with Crippen LogP contribution in [0.4, 0.5) is 0 Å². The molecule has 0 amide bonds. The SMILES string of the molecule is CCOC(=O)c1c(O)c(=O)[nH]c2cc(-c3ccccc3)ccc12. The summed E-state index contributed by atoms with van der Waals surface area (Å²) in [5, 5.41) is 10.4. The minimum atomic E-state index is -0.717. The number of carbonyl (C=O) groups excluding carboxylic acids is 1. The first kappa shape index (κ1) is 14.8. The van der Waals surface area contributed by atoms with Crippen LogP contribution in [0.2, 0.25) is 0 Å². The molecule has 0 saturated heterocycles. The number of aromatic hydroxyl groups is 1. The van der Waals surface area contributed by atoms with Crippen molar-refractivity contribution < 1.29 is 14.6 Å². The van der Waals surface area contributed by atoms with Gasteiger partial charge in [0.05, 0.1) is 12.1 Å². The lowest BCUT2D eigenvalue weighted by molar-refractivity contribution is 0.0525. The molecule has 0 unspecified atom stereocenters. The zero-order valence-electron chi connectivity index (χ0n) is 12.5. The van der Waals surface area contributed by atoms with Crippen LogP contribution < -0.4 is 5.56 Å². The highest BCUT2D eigenvalue weighted by Crippen LogP contribution is 2.28. The Kier molecular flexibility index (Phi) is 3.85. The van der Waals surface area contributed by atoms with E-state index in [2.05, 4.69) is 4.98 Å². The van der Waals surface area contributed by atoms with Crippen molar-refractivity contribution in [3.8, 4) is 16.9 Å². The Bertz CT molecular complexity index is 929. The molecule has 5 nitrogen and oxygen atoms in total. The minimum Gasteiger partial charge on any atom is -0.502 e. The lowest BCUT2D eigenvalue weighted by Crippen LogP contribution is -2.14. The number of fused-ring (bicyclic) bond motifs is 1. The van der Waals surface area contributed by atoms with E-state index in [0.29, 0.717) is 10.9 Å². The monoisotopic (exact) mass is 309 g/mol. The number of nitrogens with one attached hydrogen (secondary N) is 1. The molecule has 2 N–H and O–H groups in total. The Labute approximate surface area is 132 Å². The second-order valence-corrected chi connectivity index (χ2v) is 5.02. The lowest BCUT2D eigenvalue weighted by atomic mass is 10.0. The second-order valence-electron chi connectivity index (χ2n) is 5.02. The predicted octanol–water partition coefficient (Wildman–Crippen LogP) is 3.08. The maximum Gasteiger partial charge on any atom is 0.342 e. The van der Waals surface area contributed by atoms with Crippen molar-refractivity contribution in [3.05, 3.63) is 64.4 Å². The van der Waals surface area contributed by atoms with E-state index < -0.39 is 17.3 Å². The van der Waals surface area contributed by atoms with Crippen molar-refractivity contribution in [1.82, 2.24) is 4.98 Å². The van der Waals surface area contributed by atoms with E-state index in [4.69, 9.17) is 4.74 Å². The van der Waals surface area contributed by atoms with E-state index in [-0.39, 0.29) is 12.2 Å². The molecule has 0 aliphatic carbocycles. The van der Waals surface area contributed by atoms with Crippen molar-refractivity contribution >= 4 is 16.9 Å². The van der Waals surface area contributed by atoms with Crippen molar-refractivity contribution in [3.63, 3.8) is 0 Å². The summed E-state index contributed by atoms with van der Waals surface area (Å²) in [6.45, 7) is 1.83. The predicted molar refractivity (Wildman–Crippen MR) is 87.6 cm³/mol. The highest BCUT2D eigenvalue weighted by atomic mass is 16.5. The number of aromatic amines is 1. The third-order valence-corrected chi connectivity index (χ3v) is 3.58. The van der Waals surface area contributed by atoms with Gasteiger partial charge in [0.25, 0.3) is 5.56 Å². The number of hydrogen-bond acceptors (Lipinski definition) is 4. The standard InChI is InChI=1S/C18H15NO4/c1-2-23-18(22)15-13-9-8-12(11-6-4-3-5-7-11)10-14(13)19-17(21)16(15)20/h3-10,20H,2H2,1H3,(H,19,21). The van der Waals surface area contributed by atoms with E-state index >= 15 is 0 Å². The van der Waals surface area contributed by atoms with Crippen LogP contribution >= 0.6 is 0 Å². The van der Waals surface area contributed by atoms with Crippen molar-refractivity contribution in [1.29, 1.82) is 0 Å². The van der Waals surface area contributed by atoms with Crippen LogP contribution in [0.25, 0.3) is 22.0 Å². The van der Waals surface area contributed by atoms with Crippen LogP contribution in [0.5, 0.6) is 5.75 Å². The number of rotatable bonds is 3. The van der Waals surface area contributed by atoms with Crippen LogP contribution in [-0.2, 0) is 4.74 Å². The summed E-state index contributed by atoms with van der Waals surface area (Å²) in [5.41, 5.74) is 1.53. The maximum absolute atomic E-state index is 12.1. The summed E-state index contributed by atoms with van der Waals surface area (Å²) >= 11 is 0. The summed E-state index contributed by atoms with van der Waals surface area (Å²) in [6, 6.07) is 15.0. The average Bonchev–Trinajstić information content (AvgIpc) is 2.56. The van der Waals surface area contributed by atoms with Gasteiger partial charge in [-0.25, -0.2) is 4.79 Å². The number of H-pyrrole nitrogens is 1. The number of hydrogen-bond donors (Lipinski definition) is 2. The van der Waals surface area contributed by atoms with E-state index in [1.807, 2.05) is 36.4 Å². The highest BCUT2D eigenvalue weighted by Gasteiger charge is 2.20. The van der Waals surface area contributed by atoms with Gasteiger partial charge in [-0.1, -0.05) is 42.5 Å².